The number of ether oxygens (including phenoxy) is 1. The average Bonchev–Trinajstić information content (AvgIpc) is 3.09. The van der Waals surface area contributed by atoms with Crippen LogP contribution in [0.5, 0.6) is 0 Å². The van der Waals surface area contributed by atoms with Crippen LogP contribution in [0.25, 0.3) is 0 Å². The highest BCUT2D eigenvalue weighted by Crippen LogP contribution is 2.47. The van der Waals surface area contributed by atoms with Gasteiger partial charge in [-0.1, -0.05) is 11.6 Å². The molecule has 0 aliphatic carbocycles. The van der Waals surface area contributed by atoms with Crippen molar-refractivity contribution >= 4 is 28.9 Å². The second kappa shape index (κ2) is 8.91. The molecule has 0 amide bonds. The molecule has 6 heteroatoms. The Morgan fingerprint density at radius 2 is 1.67 bits per heavy atom. The molecule has 2 fully saturated rings. The topological polar surface area (TPSA) is 56.6 Å². The van der Waals surface area contributed by atoms with Crippen molar-refractivity contribution in [1.82, 2.24) is 0 Å². The molecular weight excluding hydrogens is 434 g/mol. The number of rotatable bonds is 3. The monoisotopic (exact) mass is 465 g/mol. The highest BCUT2D eigenvalue weighted by Gasteiger charge is 2.46. The molecule has 2 heterocycles. The first-order valence-corrected chi connectivity index (χ1v) is 12.0. The van der Waals surface area contributed by atoms with Gasteiger partial charge in [0.15, 0.2) is 0 Å². The molecule has 2 aliphatic rings. The van der Waals surface area contributed by atoms with Crippen molar-refractivity contribution in [1.29, 1.82) is 5.26 Å². The number of esters is 1. The van der Waals surface area contributed by atoms with Crippen molar-refractivity contribution in [3.8, 4) is 6.07 Å². The predicted molar refractivity (Wildman–Crippen MR) is 133 cm³/mol. The molecule has 0 aromatic heterocycles. The van der Waals surface area contributed by atoms with Gasteiger partial charge in [-0.2, -0.15) is 5.26 Å². The zero-order chi connectivity index (χ0) is 23.8. The lowest BCUT2D eigenvalue weighted by Gasteiger charge is -2.44. The van der Waals surface area contributed by atoms with E-state index < -0.39 is 5.60 Å². The van der Waals surface area contributed by atoms with E-state index in [0.29, 0.717) is 22.2 Å². The van der Waals surface area contributed by atoms with Crippen LogP contribution in [0.4, 0.5) is 11.4 Å². The standard InChI is InChI=1S/C27H32ClN3O2/c1-19-27(13-16-31(19)23-10-7-21(18-29)24(28)17-23)11-14-30(15-12-27)22-8-5-20(6-9-22)25(32)33-26(2,3)4/h5-10,17,19H,11-16H2,1-4H3/t19-/m0/s1. The van der Waals surface area contributed by atoms with Gasteiger partial charge in [-0.3, -0.25) is 0 Å². The maximum atomic E-state index is 12.3. The Kier molecular flexibility index (Phi) is 6.33. The first-order chi connectivity index (χ1) is 15.6. The second-order valence-electron chi connectivity index (χ2n) is 10.3. The van der Waals surface area contributed by atoms with E-state index in [1.54, 1.807) is 0 Å². The molecule has 2 aromatic carbocycles. The minimum absolute atomic E-state index is 0.283. The lowest BCUT2D eigenvalue weighted by atomic mass is 9.73. The van der Waals surface area contributed by atoms with Gasteiger partial charge in [0.05, 0.1) is 16.1 Å². The fraction of sp³-hybridized carbons (Fsp3) is 0.481. The van der Waals surface area contributed by atoms with Crippen molar-refractivity contribution < 1.29 is 9.53 Å². The molecule has 0 unspecified atom stereocenters. The first-order valence-electron chi connectivity index (χ1n) is 11.7. The number of carbonyl (C=O) groups excluding carboxylic acids is 1. The molecule has 2 aliphatic heterocycles. The fourth-order valence-electron chi connectivity index (χ4n) is 5.23. The molecule has 0 radical (unpaired) electrons. The van der Waals surface area contributed by atoms with E-state index in [-0.39, 0.29) is 11.4 Å². The quantitative estimate of drug-likeness (QED) is 0.516. The van der Waals surface area contributed by atoms with Crippen LogP contribution >= 0.6 is 11.6 Å². The van der Waals surface area contributed by atoms with Crippen LogP contribution in [0.3, 0.4) is 0 Å². The van der Waals surface area contributed by atoms with Crippen LogP contribution in [0.15, 0.2) is 42.5 Å². The number of hydrogen-bond acceptors (Lipinski definition) is 5. The Bertz CT molecular complexity index is 1060. The Morgan fingerprint density at radius 1 is 1.06 bits per heavy atom. The molecule has 1 spiro atoms. The molecule has 0 N–H and O–H groups in total. The minimum atomic E-state index is -0.494. The summed E-state index contributed by atoms with van der Waals surface area (Å²) in [4.78, 5) is 17.2. The van der Waals surface area contributed by atoms with Crippen LogP contribution in [-0.4, -0.2) is 37.2 Å². The molecule has 2 saturated heterocycles. The van der Waals surface area contributed by atoms with Crippen LogP contribution in [0, 0.1) is 16.7 Å². The lowest BCUT2D eigenvalue weighted by Crippen LogP contribution is -2.46. The van der Waals surface area contributed by atoms with Crippen molar-refractivity contribution in [3.05, 3.63) is 58.6 Å². The molecular formula is C27H32ClN3O2. The van der Waals surface area contributed by atoms with Crippen LogP contribution < -0.4 is 9.80 Å². The van der Waals surface area contributed by atoms with E-state index >= 15 is 0 Å². The Labute approximate surface area is 201 Å². The summed E-state index contributed by atoms with van der Waals surface area (Å²) in [6.07, 6.45) is 3.42. The van der Waals surface area contributed by atoms with Crippen molar-refractivity contribution in [2.45, 2.75) is 58.6 Å². The van der Waals surface area contributed by atoms with Gasteiger partial charge in [-0.25, -0.2) is 4.79 Å². The van der Waals surface area contributed by atoms with E-state index in [1.807, 2.05) is 63.2 Å². The Hall–Kier alpha value is -2.71. The maximum Gasteiger partial charge on any atom is 0.338 e. The van der Waals surface area contributed by atoms with E-state index in [9.17, 15) is 4.79 Å². The summed E-state index contributed by atoms with van der Waals surface area (Å²) in [5.41, 5.74) is 3.15. The van der Waals surface area contributed by atoms with Gasteiger partial charge in [0.25, 0.3) is 0 Å². The molecule has 1 atom stereocenters. The van der Waals surface area contributed by atoms with Gasteiger partial charge >= 0.3 is 5.97 Å². The number of halogens is 1. The SMILES string of the molecule is C[C@@H]1N(c2ccc(C#N)c(Cl)c2)CCC12CCN(c1ccc(C(=O)OC(C)(C)C)cc1)CC2. The number of nitrogens with zero attached hydrogens (tertiary/aromatic N) is 3. The zero-order valence-electron chi connectivity index (χ0n) is 19.9. The summed E-state index contributed by atoms with van der Waals surface area (Å²) < 4.78 is 5.47. The van der Waals surface area contributed by atoms with Crippen molar-refractivity contribution in [2.75, 3.05) is 29.4 Å². The van der Waals surface area contributed by atoms with Crippen LogP contribution in [0.1, 0.15) is 62.9 Å². The van der Waals surface area contributed by atoms with E-state index in [2.05, 4.69) is 22.8 Å². The number of piperidine rings is 1. The molecule has 0 bridgehead atoms. The summed E-state index contributed by atoms with van der Waals surface area (Å²) >= 11 is 6.30. The summed E-state index contributed by atoms with van der Waals surface area (Å²) in [7, 11) is 0. The van der Waals surface area contributed by atoms with E-state index in [1.165, 1.54) is 0 Å². The summed E-state index contributed by atoms with van der Waals surface area (Å²) in [5.74, 6) is -0.283. The van der Waals surface area contributed by atoms with Crippen LogP contribution in [0.2, 0.25) is 5.02 Å². The van der Waals surface area contributed by atoms with Crippen molar-refractivity contribution in [3.63, 3.8) is 0 Å². The van der Waals surface area contributed by atoms with E-state index in [4.69, 9.17) is 21.6 Å². The van der Waals surface area contributed by atoms with Gasteiger partial charge < -0.3 is 14.5 Å². The summed E-state index contributed by atoms with van der Waals surface area (Å²) in [6.45, 7) is 11.0. The number of benzene rings is 2. The van der Waals surface area contributed by atoms with E-state index in [0.717, 1.165) is 50.3 Å². The number of nitriles is 1. The molecule has 4 rings (SSSR count). The second-order valence-corrected chi connectivity index (χ2v) is 10.7. The number of anilines is 2. The van der Waals surface area contributed by atoms with Gasteiger partial charge in [-0.15, -0.1) is 0 Å². The van der Waals surface area contributed by atoms with Gasteiger partial charge in [0.1, 0.15) is 11.7 Å². The highest BCUT2D eigenvalue weighted by atomic mass is 35.5. The minimum Gasteiger partial charge on any atom is -0.456 e. The average molecular weight is 466 g/mol. The third-order valence-corrected chi connectivity index (χ3v) is 7.55. The van der Waals surface area contributed by atoms with Crippen molar-refractivity contribution in [2.24, 2.45) is 5.41 Å². The zero-order valence-corrected chi connectivity index (χ0v) is 20.7. The number of hydrogen-bond donors (Lipinski definition) is 0. The largest absolute Gasteiger partial charge is 0.456 e. The first kappa shape index (κ1) is 23.4. The predicted octanol–water partition coefficient (Wildman–Crippen LogP) is 6.05. The number of carbonyl (C=O) groups is 1. The summed E-state index contributed by atoms with van der Waals surface area (Å²) in [6, 6.07) is 16.1. The normalized spacial score (nSPS) is 20.1. The maximum absolute atomic E-state index is 12.3. The smallest absolute Gasteiger partial charge is 0.338 e. The molecule has 33 heavy (non-hydrogen) atoms. The fourth-order valence-corrected chi connectivity index (χ4v) is 5.44. The Balaban J connectivity index is 1.40. The molecule has 0 saturated carbocycles. The third kappa shape index (κ3) is 4.82. The van der Waals surface area contributed by atoms with Crippen LogP contribution in [-0.2, 0) is 4.74 Å². The molecule has 5 nitrogen and oxygen atoms in total. The summed E-state index contributed by atoms with van der Waals surface area (Å²) in [5, 5.41) is 9.68. The third-order valence-electron chi connectivity index (χ3n) is 7.24. The highest BCUT2D eigenvalue weighted by molar-refractivity contribution is 6.32. The van der Waals surface area contributed by atoms with Gasteiger partial charge in [0, 0.05) is 37.1 Å². The Morgan fingerprint density at radius 3 is 2.24 bits per heavy atom. The van der Waals surface area contributed by atoms with Gasteiger partial charge in [0.2, 0.25) is 0 Å². The molecule has 2 aromatic rings. The molecule has 174 valence electrons. The lowest BCUT2D eigenvalue weighted by molar-refractivity contribution is 0.00695. The van der Waals surface area contributed by atoms with Gasteiger partial charge in [-0.05, 0) is 94.8 Å².